The van der Waals surface area contributed by atoms with Gasteiger partial charge in [-0.05, 0) is 28.1 Å². The summed E-state index contributed by atoms with van der Waals surface area (Å²) in [5.74, 6) is 1.50. The molecule has 6 heteroatoms. The van der Waals surface area contributed by atoms with Crippen LogP contribution in [0.3, 0.4) is 0 Å². The molecule has 0 saturated heterocycles. The number of halogens is 1. The first-order chi connectivity index (χ1) is 9.72. The minimum atomic E-state index is 0.662. The summed E-state index contributed by atoms with van der Waals surface area (Å²) < 4.78 is 4.85. The van der Waals surface area contributed by atoms with Gasteiger partial charge in [0.05, 0.1) is 15.5 Å². The largest absolute Gasteiger partial charge is 0.326 e. The van der Waals surface area contributed by atoms with Crippen molar-refractivity contribution in [2.75, 3.05) is 0 Å². The van der Waals surface area contributed by atoms with Crippen LogP contribution in [0.4, 0.5) is 0 Å². The van der Waals surface area contributed by atoms with Crippen molar-refractivity contribution in [3.8, 4) is 11.5 Å². The third-order valence-electron chi connectivity index (χ3n) is 3.29. The summed E-state index contributed by atoms with van der Waals surface area (Å²) in [6, 6.07) is 8.05. The highest BCUT2D eigenvalue weighted by Crippen LogP contribution is 2.23. The topological polar surface area (TPSA) is 48.0 Å². The molecule has 0 radical (unpaired) electrons. The van der Waals surface area contributed by atoms with Gasteiger partial charge in [-0.15, -0.1) is 0 Å². The Kier molecular flexibility index (Phi) is 2.40. The van der Waals surface area contributed by atoms with Gasteiger partial charge in [-0.1, -0.05) is 12.1 Å². The first-order valence-electron chi connectivity index (χ1n) is 6.14. The summed E-state index contributed by atoms with van der Waals surface area (Å²) in [4.78, 5) is 13.5. The Morgan fingerprint density at radius 2 is 1.95 bits per heavy atom. The number of aromatic nitrogens is 5. The van der Waals surface area contributed by atoms with Crippen molar-refractivity contribution in [3.05, 3.63) is 47.3 Å². The first-order valence-corrected chi connectivity index (χ1v) is 6.94. The molecule has 1 aromatic carbocycles. The molecule has 0 saturated carbocycles. The summed E-state index contributed by atoms with van der Waals surface area (Å²) in [6.45, 7) is 0. The quantitative estimate of drug-likeness (QED) is 0.540. The molecule has 98 valence electrons. The Morgan fingerprint density at radius 1 is 1.10 bits per heavy atom. The first kappa shape index (κ1) is 11.6. The third-order valence-corrected chi connectivity index (χ3v) is 3.70. The van der Waals surface area contributed by atoms with Crippen LogP contribution >= 0.6 is 15.9 Å². The number of aryl methyl sites for hydroxylation is 1. The van der Waals surface area contributed by atoms with Crippen LogP contribution in [0.1, 0.15) is 0 Å². The van der Waals surface area contributed by atoms with Crippen molar-refractivity contribution in [3.63, 3.8) is 0 Å². The van der Waals surface area contributed by atoms with Gasteiger partial charge in [0.2, 0.25) is 5.78 Å². The zero-order valence-electron chi connectivity index (χ0n) is 10.7. The van der Waals surface area contributed by atoms with Crippen LogP contribution in [0.5, 0.6) is 0 Å². The normalized spacial score (nSPS) is 11.5. The van der Waals surface area contributed by atoms with Gasteiger partial charge >= 0.3 is 0 Å². The number of para-hydroxylation sites is 2. The highest BCUT2D eigenvalue weighted by atomic mass is 79.9. The Balaban J connectivity index is 1.98. The Labute approximate surface area is 123 Å². The molecule has 4 aromatic rings. The van der Waals surface area contributed by atoms with Crippen molar-refractivity contribution in [1.82, 2.24) is 23.9 Å². The molecule has 0 N–H and O–H groups in total. The van der Waals surface area contributed by atoms with E-state index in [1.165, 1.54) is 0 Å². The summed E-state index contributed by atoms with van der Waals surface area (Å²) in [5.41, 5.74) is 2.87. The maximum absolute atomic E-state index is 4.65. The molecule has 0 aliphatic rings. The van der Waals surface area contributed by atoms with E-state index < -0.39 is 0 Å². The average molecular weight is 328 g/mol. The number of hydrogen-bond acceptors (Lipinski definition) is 3. The second-order valence-corrected chi connectivity index (χ2v) is 5.50. The zero-order valence-corrected chi connectivity index (χ0v) is 12.2. The average Bonchev–Trinajstić information content (AvgIpc) is 3.00. The molecular formula is C14H10BrN5. The molecule has 0 atom stereocenters. The number of benzene rings is 1. The van der Waals surface area contributed by atoms with E-state index in [4.69, 9.17) is 0 Å². The second kappa shape index (κ2) is 4.14. The molecule has 0 aliphatic carbocycles. The van der Waals surface area contributed by atoms with Crippen LogP contribution < -0.4 is 0 Å². The molecule has 20 heavy (non-hydrogen) atoms. The van der Waals surface area contributed by atoms with E-state index in [0.29, 0.717) is 5.78 Å². The Hall–Kier alpha value is -2.21. The van der Waals surface area contributed by atoms with Crippen LogP contribution in [0.2, 0.25) is 0 Å². The van der Waals surface area contributed by atoms with Crippen LogP contribution in [-0.4, -0.2) is 23.9 Å². The van der Waals surface area contributed by atoms with Gasteiger partial charge in [-0.2, -0.15) is 0 Å². The minimum absolute atomic E-state index is 0.662. The maximum atomic E-state index is 4.65. The molecule has 3 heterocycles. The lowest BCUT2D eigenvalue weighted by Gasteiger charge is -1.97. The number of nitrogens with zero attached hydrogens (tertiary/aromatic N) is 5. The van der Waals surface area contributed by atoms with E-state index in [-0.39, 0.29) is 0 Å². The molecule has 0 amide bonds. The van der Waals surface area contributed by atoms with E-state index in [1.807, 2.05) is 46.6 Å². The minimum Gasteiger partial charge on any atom is -0.326 e. The molecule has 0 spiro atoms. The van der Waals surface area contributed by atoms with E-state index in [2.05, 4.69) is 36.9 Å². The van der Waals surface area contributed by atoms with Crippen LogP contribution in [0.25, 0.3) is 28.3 Å². The fraction of sp³-hybridized carbons (Fsp3) is 0.0714. The van der Waals surface area contributed by atoms with Gasteiger partial charge in [-0.3, -0.25) is 4.40 Å². The summed E-state index contributed by atoms with van der Waals surface area (Å²) in [7, 11) is 2.00. The van der Waals surface area contributed by atoms with Crippen molar-refractivity contribution in [1.29, 1.82) is 0 Å². The Morgan fingerprint density at radius 3 is 2.80 bits per heavy atom. The monoisotopic (exact) mass is 327 g/mol. The van der Waals surface area contributed by atoms with Crippen molar-refractivity contribution < 1.29 is 0 Å². The lowest BCUT2D eigenvalue weighted by molar-refractivity contribution is 0.953. The fourth-order valence-electron chi connectivity index (χ4n) is 2.34. The lowest BCUT2D eigenvalue weighted by atomic mass is 10.3. The van der Waals surface area contributed by atoms with Gasteiger partial charge in [0.25, 0.3) is 0 Å². The second-order valence-electron chi connectivity index (χ2n) is 4.59. The van der Waals surface area contributed by atoms with E-state index in [0.717, 1.165) is 27.0 Å². The highest BCUT2D eigenvalue weighted by Gasteiger charge is 2.13. The van der Waals surface area contributed by atoms with Crippen LogP contribution in [0.15, 0.2) is 47.3 Å². The van der Waals surface area contributed by atoms with Crippen molar-refractivity contribution >= 4 is 32.7 Å². The van der Waals surface area contributed by atoms with E-state index in [1.54, 1.807) is 6.20 Å². The summed E-state index contributed by atoms with van der Waals surface area (Å²) >= 11 is 3.41. The van der Waals surface area contributed by atoms with Gasteiger partial charge < -0.3 is 4.57 Å². The molecule has 0 unspecified atom stereocenters. The van der Waals surface area contributed by atoms with Gasteiger partial charge in [0.15, 0.2) is 5.82 Å². The van der Waals surface area contributed by atoms with Gasteiger partial charge in [0.1, 0.15) is 5.69 Å². The number of imidazole rings is 2. The molecular weight excluding hydrogens is 318 g/mol. The molecule has 5 nitrogen and oxygen atoms in total. The van der Waals surface area contributed by atoms with Crippen LogP contribution in [-0.2, 0) is 7.05 Å². The number of rotatable bonds is 1. The smallest absolute Gasteiger partial charge is 0.234 e. The molecule has 4 rings (SSSR count). The SMILES string of the molecule is Cn1c(-c2cn3cc(Br)cnc3n2)nc2ccccc21. The summed E-state index contributed by atoms with van der Waals surface area (Å²) in [5, 5.41) is 0. The predicted molar refractivity (Wildman–Crippen MR) is 80.4 cm³/mol. The molecule has 0 fully saturated rings. The van der Waals surface area contributed by atoms with Crippen molar-refractivity contribution in [2.45, 2.75) is 0 Å². The molecule has 3 aromatic heterocycles. The van der Waals surface area contributed by atoms with E-state index >= 15 is 0 Å². The number of hydrogen-bond donors (Lipinski definition) is 0. The maximum Gasteiger partial charge on any atom is 0.234 e. The van der Waals surface area contributed by atoms with Crippen LogP contribution in [0, 0.1) is 0 Å². The van der Waals surface area contributed by atoms with Gasteiger partial charge in [-0.25, -0.2) is 15.0 Å². The zero-order chi connectivity index (χ0) is 13.7. The van der Waals surface area contributed by atoms with Gasteiger partial charge in [0, 0.05) is 25.6 Å². The molecule has 0 aliphatic heterocycles. The van der Waals surface area contributed by atoms with E-state index in [9.17, 15) is 0 Å². The van der Waals surface area contributed by atoms with Crippen molar-refractivity contribution in [2.24, 2.45) is 7.05 Å². The standard InChI is InChI=1S/C14H10BrN5/c1-19-12-5-3-2-4-10(12)17-13(19)11-8-20-7-9(15)6-16-14(20)18-11/h2-8H,1H3. The predicted octanol–water partition coefficient (Wildman–Crippen LogP) is 3.05. The summed E-state index contributed by atoms with van der Waals surface area (Å²) in [6.07, 6.45) is 5.61. The lowest BCUT2D eigenvalue weighted by Crippen LogP contribution is -1.92. The fourth-order valence-corrected chi connectivity index (χ4v) is 2.67. The number of fused-ring (bicyclic) bond motifs is 2. The third kappa shape index (κ3) is 1.65. The molecule has 0 bridgehead atoms. The highest BCUT2D eigenvalue weighted by molar-refractivity contribution is 9.10. The Bertz CT molecular complexity index is 937.